The van der Waals surface area contributed by atoms with Crippen LogP contribution in [-0.4, -0.2) is 47.0 Å². The Hall–Kier alpha value is -2.48. The number of nitrogens with one attached hydrogen (secondary N) is 1. The number of imide groups is 1. The molecule has 1 N–H and O–H groups in total. The van der Waals surface area contributed by atoms with Crippen LogP contribution < -0.4 is 5.32 Å². The minimum atomic E-state index is -0.978. The van der Waals surface area contributed by atoms with Crippen LogP contribution in [0.4, 0.5) is 4.79 Å². The summed E-state index contributed by atoms with van der Waals surface area (Å²) in [6, 6.07) is 7.53. The van der Waals surface area contributed by atoms with Crippen molar-refractivity contribution in [2.24, 2.45) is 5.92 Å². The van der Waals surface area contributed by atoms with E-state index in [4.69, 9.17) is 9.72 Å². The Morgan fingerprint density at radius 2 is 2.07 bits per heavy atom. The second-order valence-corrected chi connectivity index (χ2v) is 8.38. The third kappa shape index (κ3) is 3.61. The molecule has 2 heterocycles. The predicted molar refractivity (Wildman–Crippen MR) is 105 cm³/mol. The second-order valence-electron chi connectivity index (χ2n) is 7.32. The Morgan fingerprint density at radius 3 is 2.82 bits per heavy atom. The van der Waals surface area contributed by atoms with Crippen LogP contribution in [-0.2, 0) is 14.3 Å². The zero-order valence-electron chi connectivity index (χ0n) is 15.7. The van der Waals surface area contributed by atoms with Gasteiger partial charge in [-0.2, -0.15) is 0 Å². The van der Waals surface area contributed by atoms with Gasteiger partial charge >= 0.3 is 12.0 Å². The first-order valence-corrected chi connectivity index (χ1v) is 10.5. The number of rotatable bonds is 4. The Kier molecular flexibility index (Phi) is 5.30. The normalized spacial score (nSPS) is 23.5. The third-order valence-electron chi connectivity index (χ3n) is 5.46. The average Bonchev–Trinajstić information content (AvgIpc) is 3.33. The van der Waals surface area contributed by atoms with E-state index < -0.39 is 18.0 Å². The van der Waals surface area contributed by atoms with E-state index in [1.165, 1.54) is 6.92 Å². The van der Waals surface area contributed by atoms with Crippen molar-refractivity contribution in [2.45, 2.75) is 44.6 Å². The van der Waals surface area contributed by atoms with Crippen molar-refractivity contribution in [2.75, 3.05) is 13.1 Å². The maximum absolute atomic E-state index is 12.9. The highest BCUT2D eigenvalue weighted by Gasteiger charge is 2.38. The molecule has 28 heavy (non-hydrogen) atoms. The maximum Gasteiger partial charge on any atom is 0.324 e. The van der Waals surface area contributed by atoms with Crippen molar-refractivity contribution < 1.29 is 19.1 Å². The molecular weight excluding hydrogens is 378 g/mol. The highest BCUT2D eigenvalue weighted by Crippen LogP contribution is 2.41. The number of hydrogen-bond acceptors (Lipinski definition) is 6. The quantitative estimate of drug-likeness (QED) is 0.796. The largest absolute Gasteiger partial charge is 0.452 e. The molecule has 1 aromatic heterocycles. The van der Waals surface area contributed by atoms with Gasteiger partial charge in [-0.05, 0) is 31.9 Å². The molecular formula is C20H23N3O4S. The van der Waals surface area contributed by atoms with Gasteiger partial charge in [0.25, 0.3) is 5.91 Å². The number of ether oxygens (including phenoxy) is 1. The number of aromatic nitrogens is 1. The lowest BCUT2D eigenvalue weighted by molar-refractivity contribution is -0.162. The van der Waals surface area contributed by atoms with Crippen LogP contribution in [0, 0.1) is 5.92 Å². The summed E-state index contributed by atoms with van der Waals surface area (Å²) in [6.07, 6.45) is 2.64. The number of urea groups is 1. The summed E-state index contributed by atoms with van der Waals surface area (Å²) in [5.74, 6) is -1.15. The lowest BCUT2D eigenvalue weighted by atomic mass is 9.79. The van der Waals surface area contributed by atoms with E-state index >= 15 is 0 Å². The molecule has 1 saturated heterocycles. The summed E-state index contributed by atoms with van der Waals surface area (Å²) in [5, 5.41) is 3.54. The van der Waals surface area contributed by atoms with E-state index in [1.54, 1.807) is 11.3 Å². The van der Waals surface area contributed by atoms with Crippen LogP contribution in [0.25, 0.3) is 10.2 Å². The SMILES string of the molecule is C[C@@H](OC(=O)[C@H]1CCCC[C@@H]1c1nc2ccccc2s1)C(=O)N1CCNC1=O. The topological polar surface area (TPSA) is 88.6 Å². The number of carbonyl (C=O) groups excluding carboxylic acids is 3. The Morgan fingerprint density at radius 1 is 1.29 bits per heavy atom. The number of para-hydroxylation sites is 1. The molecule has 2 aromatic rings. The molecule has 1 saturated carbocycles. The molecule has 3 atom stereocenters. The van der Waals surface area contributed by atoms with Crippen molar-refractivity contribution in [3.63, 3.8) is 0 Å². The van der Waals surface area contributed by atoms with E-state index in [2.05, 4.69) is 5.32 Å². The molecule has 4 rings (SSSR count). The fraction of sp³-hybridized carbons (Fsp3) is 0.500. The number of benzene rings is 1. The molecule has 1 aliphatic heterocycles. The van der Waals surface area contributed by atoms with Gasteiger partial charge in [0, 0.05) is 19.0 Å². The van der Waals surface area contributed by atoms with Gasteiger partial charge in [0.1, 0.15) is 0 Å². The summed E-state index contributed by atoms with van der Waals surface area (Å²) in [5.41, 5.74) is 0.948. The fourth-order valence-electron chi connectivity index (χ4n) is 3.97. The Bertz CT molecular complexity index is 879. The summed E-state index contributed by atoms with van der Waals surface area (Å²) in [6.45, 7) is 2.26. The van der Waals surface area contributed by atoms with Gasteiger partial charge < -0.3 is 10.1 Å². The number of nitrogens with zero attached hydrogens (tertiary/aromatic N) is 2. The van der Waals surface area contributed by atoms with Crippen molar-refractivity contribution in [3.05, 3.63) is 29.3 Å². The average molecular weight is 401 g/mol. The van der Waals surface area contributed by atoms with Crippen molar-refractivity contribution in [1.29, 1.82) is 0 Å². The first-order chi connectivity index (χ1) is 13.5. The lowest BCUT2D eigenvalue weighted by Gasteiger charge is -2.29. The van der Waals surface area contributed by atoms with Gasteiger partial charge in [-0.1, -0.05) is 25.0 Å². The van der Waals surface area contributed by atoms with Crippen molar-refractivity contribution in [1.82, 2.24) is 15.2 Å². The molecule has 0 bridgehead atoms. The molecule has 1 aliphatic carbocycles. The molecule has 148 valence electrons. The van der Waals surface area contributed by atoms with Crippen LogP contribution in [0.2, 0.25) is 0 Å². The molecule has 7 nitrogen and oxygen atoms in total. The van der Waals surface area contributed by atoms with E-state index in [0.29, 0.717) is 13.1 Å². The van der Waals surface area contributed by atoms with Crippen LogP contribution in [0.1, 0.15) is 43.5 Å². The first kappa shape index (κ1) is 18.9. The highest BCUT2D eigenvalue weighted by molar-refractivity contribution is 7.18. The van der Waals surface area contributed by atoms with Gasteiger partial charge in [0.05, 0.1) is 21.1 Å². The number of fused-ring (bicyclic) bond motifs is 1. The number of hydrogen-bond donors (Lipinski definition) is 1. The predicted octanol–water partition coefficient (Wildman–Crippen LogP) is 3.05. The number of thiazole rings is 1. The van der Waals surface area contributed by atoms with Crippen LogP contribution in [0.15, 0.2) is 24.3 Å². The van der Waals surface area contributed by atoms with Gasteiger partial charge in [-0.15, -0.1) is 11.3 Å². The fourth-order valence-corrected chi connectivity index (χ4v) is 5.14. The number of esters is 1. The molecule has 8 heteroatoms. The minimum absolute atomic E-state index is 0.0102. The van der Waals surface area contributed by atoms with Crippen molar-refractivity contribution in [3.8, 4) is 0 Å². The van der Waals surface area contributed by atoms with Crippen molar-refractivity contribution >= 4 is 39.5 Å². The highest BCUT2D eigenvalue weighted by atomic mass is 32.1. The molecule has 0 unspecified atom stereocenters. The molecule has 0 radical (unpaired) electrons. The summed E-state index contributed by atoms with van der Waals surface area (Å²) < 4.78 is 6.61. The van der Waals surface area contributed by atoms with E-state index in [1.807, 2.05) is 24.3 Å². The van der Waals surface area contributed by atoms with Gasteiger partial charge in [0.2, 0.25) is 0 Å². The minimum Gasteiger partial charge on any atom is -0.452 e. The lowest BCUT2D eigenvalue weighted by Crippen LogP contribution is -2.43. The summed E-state index contributed by atoms with van der Waals surface area (Å²) >= 11 is 1.62. The van der Waals surface area contributed by atoms with E-state index in [9.17, 15) is 14.4 Å². The molecule has 3 amide bonds. The monoisotopic (exact) mass is 401 g/mol. The maximum atomic E-state index is 12.9. The Balaban J connectivity index is 1.48. The van der Waals surface area contributed by atoms with E-state index in [-0.39, 0.29) is 17.8 Å². The molecule has 2 aliphatic rings. The van der Waals surface area contributed by atoms with Crippen LogP contribution in [0.5, 0.6) is 0 Å². The Labute approximate surface area is 167 Å². The zero-order chi connectivity index (χ0) is 19.7. The summed E-state index contributed by atoms with van der Waals surface area (Å²) in [7, 11) is 0. The molecule has 0 spiro atoms. The van der Waals surface area contributed by atoms with Gasteiger partial charge in [-0.3, -0.25) is 14.5 Å². The van der Waals surface area contributed by atoms with Gasteiger partial charge in [-0.25, -0.2) is 9.78 Å². The smallest absolute Gasteiger partial charge is 0.324 e. The molecule has 2 fully saturated rings. The number of carbonyl (C=O) groups is 3. The standard InChI is InChI=1S/C20H23N3O4S/c1-12(18(24)23-11-10-21-20(23)26)27-19(25)14-7-3-2-6-13(14)17-22-15-8-4-5-9-16(15)28-17/h4-5,8-9,12-14H,2-3,6-7,10-11H2,1H3,(H,21,26)/t12-,13+,14+/m1/s1. The third-order valence-corrected chi connectivity index (χ3v) is 6.63. The van der Waals surface area contributed by atoms with Gasteiger partial charge in [0.15, 0.2) is 6.10 Å². The van der Waals surface area contributed by atoms with Crippen LogP contribution in [0.3, 0.4) is 0 Å². The number of amides is 3. The zero-order valence-corrected chi connectivity index (χ0v) is 16.5. The first-order valence-electron chi connectivity index (χ1n) is 9.70. The van der Waals surface area contributed by atoms with Crippen LogP contribution >= 0.6 is 11.3 Å². The summed E-state index contributed by atoms with van der Waals surface area (Å²) in [4.78, 5) is 42.8. The molecule has 1 aromatic carbocycles. The van der Waals surface area contributed by atoms with E-state index in [0.717, 1.165) is 45.8 Å². The second kappa shape index (κ2) is 7.87.